The predicted octanol–water partition coefficient (Wildman–Crippen LogP) is 4.18. The van der Waals surface area contributed by atoms with Gasteiger partial charge in [0, 0.05) is 5.02 Å². The van der Waals surface area contributed by atoms with Crippen LogP contribution in [0.15, 0.2) is 18.2 Å². The van der Waals surface area contributed by atoms with Crippen LogP contribution in [0.2, 0.25) is 24.7 Å². The normalized spacial score (nSPS) is 11.2. The Hall–Kier alpha value is -0.823. The second-order valence-corrected chi connectivity index (χ2v) is 10.8. The number of fused-ring (bicyclic) bond motifs is 1. The molecular weight excluding hydrogens is 254 g/mol. The van der Waals surface area contributed by atoms with E-state index in [4.69, 9.17) is 11.6 Å². The number of aromatic nitrogens is 1. The van der Waals surface area contributed by atoms with Crippen LogP contribution in [-0.2, 0) is 0 Å². The lowest BCUT2D eigenvalue weighted by Gasteiger charge is -2.02. The molecule has 0 fully saturated rings. The third kappa shape index (κ3) is 2.85. The Morgan fingerprint density at radius 3 is 2.75 bits per heavy atom. The Kier molecular flexibility index (Phi) is 3.07. The van der Waals surface area contributed by atoms with Crippen molar-refractivity contribution in [2.45, 2.75) is 19.6 Å². The molecule has 1 heterocycles. The smallest absolute Gasteiger partial charge is 0.167 e. The van der Waals surface area contributed by atoms with Crippen LogP contribution in [0.1, 0.15) is 5.01 Å². The van der Waals surface area contributed by atoms with Gasteiger partial charge in [-0.25, -0.2) is 4.98 Å². The van der Waals surface area contributed by atoms with Crippen molar-refractivity contribution in [1.29, 1.82) is 0 Å². The van der Waals surface area contributed by atoms with E-state index in [9.17, 15) is 0 Å². The van der Waals surface area contributed by atoms with Crippen LogP contribution in [-0.4, -0.2) is 13.1 Å². The second-order valence-electron chi connectivity index (χ2n) is 4.63. The zero-order chi connectivity index (χ0) is 11.8. The predicted molar refractivity (Wildman–Crippen MR) is 74.9 cm³/mol. The fraction of sp³-hybridized carbons (Fsp3) is 0.250. The summed E-state index contributed by atoms with van der Waals surface area (Å²) in [6, 6.07) is 5.74. The Morgan fingerprint density at radius 2 is 2.06 bits per heavy atom. The van der Waals surface area contributed by atoms with Crippen molar-refractivity contribution >= 4 is 41.2 Å². The molecule has 82 valence electrons. The van der Waals surface area contributed by atoms with Crippen molar-refractivity contribution in [2.75, 3.05) is 0 Å². The van der Waals surface area contributed by atoms with Crippen molar-refractivity contribution in [1.82, 2.24) is 4.98 Å². The molecule has 0 spiro atoms. The van der Waals surface area contributed by atoms with Crippen molar-refractivity contribution in [3.8, 4) is 11.5 Å². The molecule has 0 aliphatic heterocycles. The van der Waals surface area contributed by atoms with E-state index < -0.39 is 8.07 Å². The number of thiazole rings is 1. The molecular formula is C12H12ClNSSi. The van der Waals surface area contributed by atoms with Crippen molar-refractivity contribution < 1.29 is 0 Å². The molecule has 16 heavy (non-hydrogen) atoms. The summed E-state index contributed by atoms with van der Waals surface area (Å²) in [6.45, 7) is 6.68. The lowest BCUT2D eigenvalue weighted by atomic mass is 10.3. The van der Waals surface area contributed by atoms with Crippen molar-refractivity contribution in [2.24, 2.45) is 0 Å². The van der Waals surface area contributed by atoms with E-state index in [1.807, 2.05) is 18.2 Å². The van der Waals surface area contributed by atoms with Gasteiger partial charge in [0.05, 0.1) is 10.2 Å². The van der Waals surface area contributed by atoms with E-state index in [2.05, 4.69) is 36.1 Å². The maximum atomic E-state index is 5.93. The monoisotopic (exact) mass is 265 g/mol. The van der Waals surface area contributed by atoms with Gasteiger partial charge in [-0.2, -0.15) is 0 Å². The van der Waals surface area contributed by atoms with E-state index in [-0.39, 0.29) is 0 Å². The minimum absolute atomic E-state index is 0.751. The summed E-state index contributed by atoms with van der Waals surface area (Å²) >= 11 is 7.53. The lowest BCUT2D eigenvalue weighted by molar-refractivity contribution is 1.45. The third-order valence-electron chi connectivity index (χ3n) is 1.89. The molecule has 1 nitrogen and oxygen atoms in total. The van der Waals surface area contributed by atoms with Crippen LogP contribution >= 0.6 is 22.9 Å². The van der Waals surface area contributed by atoms with Gasteiger partial charge in [0.15, 0.2) is 5.01 Å². The molecule has 0 aliphatic carbocycles. The summed E-state index contributed by atoms with van der Waals surface area (Å²) in [4.78, 5) is 4.47. The van der Waals surface area contributed by atoms with E-state index in [1.165, 1.54) is 0 Å². The number of rotatable bonds is 0. The summed E-state index contributed by atoms with van der Waals surface area (Å²) in [5.74, 6) is 3.17. The highest BCUT2D eigenvalue weighted by molar-refractivity contribution is 7.19. The number of halogens is 1. The molecule has 1 aromatic carbocycles. The second kappa shape index (κ2) is 4.21. The summed E-state index contributed by atoms with van der Waals surface area (Å²) in [5, 5.41) is 1.64. The molecule has 0 atom stereocenters. The minimum atomic E-state index is -1.32. The van der Waals surface area contributed by atoms with Crippen LogP contribution in [0.25, 0.3) is 10.2 Å². The number of nitrogens with zero attached hydrogens (tertiary/aromatic N) is 1. The maximum Gasteiger partial charge on any atom is 0.167 e. The standard InChI is InChI=1S/C12H12ClNSSi/c1-16(2,3)7-6-12-14-10-5-4-9(13)8-11(10)15-12/h4-5,8H,1-3H3. The quantitative estimate of drug-likeness (QED) is 0.514. The van der Waals surface area contributed by atoms with Gasteiger partial charge in [0.1, 0.15) is 8.07 Å². The fourth-order valence-corrected chi connectivity index (χ4v) is 2.87. The average molecular weight is 266 g/mol. The molecule has 0 bridgehead atoms. The summed E-state index contributed by atoms with van der Waals surface area (Å²) < 4.78 is 1.10. The van der Waals surface area contributed by atoms with Crippen LogP contribution in [0, 0.1) is 11.5 Å². The zero-order valence-electron chi connectivity index (χ0n) is 9.47. The maximum absolute atomic E-state index is 5.93. The molecule has 0 amide bonds. The van der Waals surface area contributed by atoms with Gasteiger partial charge < -0.3 is 0 Å². The minimum Gasteiger partial charge on any atom is -0.228 e. The first-order valence-electron chi connectivity index (χ1n) is 5.03. The zero-order valence-corrected chi connectivity index (χ0v) is 12.0. The number of benzene rings is 1. The number of hydrogen-bond donors (Lipinski definition) is 0. The molecule has 0 unspecified atom stereocenters. The molecule has 4 heteroatoms. The Bertz CT molecular complexity index is 586. The molecule has 0 saturated heterocycles. The van der Waals surface area contributed by atoms with Gasteiger partial charge in [-0.05, 0) is 24.1 Å². The molecule has 1 aromatic heterocycles. The average Bonchev–Trinajstić information content (AvgIpc) is 2.55. The first-order valence-corrected chi connectivity index (χ1v) is 9.73. The Balaban J connectivity index is 2.43. The lowest BCUT2D eigenvalue weighted by Crippen LogP contribution is -2.16. The van der Waals surface area contributed by atoms with Crippen LogP contribution in [0.4, 0.5) is 0 Å². The van der Waals surface area contributed by atoms with E-state index >= 15 is 0 Å². The van der Waals surface area contributed by atoms with Crippen molar-refractivity contribution in [3.05, 3.63) is 28.2 Å². The Labute approximate surface area is 105 Å². The molecule has 0 N–H and O–H groups in total. The summed E-state index contributed by atoms with van der Waals surface area (Å²) in [6.07, 6.45) is 0. The van der Waals surface area contributed by atoms with E-state index in [1.54, 1.807) is 11.3 Å². The van der Waals surface area contributed by atoms with Gasteiger partial charge >= 0.3 is 0 Å². The summed E-state index contributed by atoms with van der Waals surface area (Å²) in [7, 11) is -1.32. The molecule has 0 radical (unpaired) electrons. The van der Waals surface area contributed by atoms with Gasteiger partial charge in [-0.1, -0.05) is 31.2 Å². The van der Waals surface area contributed by atoms with Crippen LogP contribution < -0.4 is 0 Å². The van der Waals surface area contributed by atoms with Gasteiger partial charge in [-0.3, -0.25) is 0 Å². The van der Waals surface area contributed by atoms with Gasteiger partial charge in [-0.15, -0.1) is 16.9 Å². The molecule has 2 aromatic rings. The third-order valence-corrected chi connectivity index (χ3v) is 3.94. The highest BCUT2D eigenvalue weighted by atomic mass is 35.5. The van der Waals surface area contributed by atoms with Crippen molar-refractivity contribution in [3.63, 3.8) is 0 Å². The topological polar surface area (TPSA) is 12.9 Å². The largest absolute Gasteiger partial charge is 0.228 e. The van der Waals surface area contributed by atoms with Crippen LogP contribution in [0.3, 0.4) is 0 Å². The van der Waals surface area contributed by atoms with Crippen LogP contribution in [0.5, 0.6) is 0 Å². The summed E-state index contributed by atoms with van der Waals surface area (Å²) in [5.41, 5.74) is 4.30. The van der Waals surface area contributed by atoms with E-state index in [0.717, 1.165) is 20.2 Å². The Morgan fingerprint density at radius 1 is 1.31 bits per heavy atom. The van der Waals surface area contributed by atoms with Gasteiger partial charge in [0.25, 0.3) is 0 Å². The highest BCUT2D eigenvalue weighted by Gasteiger charge is 2.08. The fourth-order valence-electron chi connectivity index (χ4n) is 1.19. The van der Waals surface area contributed by atoms with Gasteiger partial charge in [0.2, 0.25) is 0 Å². The number of hydrogen-bond acceptors (Lipinski definition) is 2. The first-order chi connectivity index (χ1) is 7.44. The molecule has 0 saturated carbocycles. The molecule has 0 aliphatic rings. The molecule has 2 rings (SSSR count). The SMILES string of the molecule is C[Si](C)(C)C#Cc1nc2ccc(Cl)cc2s1. The highest BCUT2D eigenvalue weighted by Crippen LogP contribution is 2.24. The van der Waals surface area contributed by atoms with E-state index in [0.29, 0.717) is 0 Å². The first kappa shape index (κ1) is 11.7.